The number of carboxylic acid groups (broad SMARTS) is 2. The number of carbonyl (C=O) groups excluding carboxylic acids is 2. The first-order chi connectivity index (χ1) is 24.2. The standard InChI is InChI=1S/C39H60N2O9/c1-2-48-30-16-18-32(34(23-30)38(44)45)36(42)40-27-12-8-25(9-13-27)22-26-10-14-28(15-11-26)41-37(43)33-19-17-31(24-35(33)39(46)47)50-21-20-49-29-6-4-3-5-7-29/h1,25-35H,3-24H2,(H,40,42)(H,41,43)(H,44,45)(H,46,47). The van der Waals surface area contributed by atoms with Gasteiger partial charge in [-0.15, -0.1) is 0 Å². The third-order valence-electron chi connectivity index (χ3n) is 12.5. The fourth-order valence-corrected chi connectivity index (χ4v) is 9.63. The van der Waals surface area contributed by atoms with E-state index in [1.54, 1.807) is 0 Å². The van der Waals surface area contributed by atoms with E-state index < -0.39 is 35.6 Å². The third-order valence-corrected chi connectivity index (χ3v) is 12.5. The summed E-state index contributed by atoms with van der Waals surface area (Å²) in [5, 5.41) is 26.1. The molecule has 0 spiro atoms. The Morgan fingerprint density at radius 3 is 1.50 bits per heavy atom. The Morgan fingerprint density at radius 2 is 1.02 bits per heavy atom. The van der Waals surface area contributed by atoms with Gasteiger partial charge in [0.25, 0.3) is 0 Å². The number of hydrogen-bond acceptors (Lipinski definition) is 7. The monoisotopic (exact) mass is 700 g/mol. The van der Waals surface area contributed by atoms with E-state index >= 15 is 0 Å². The molecule has 2 amide bonds. The molecular weight excluding hydrogens is 640 g/mol. The molecule has 6 unspecified atom stereocenters. The molecule has 0 saturated heterocycles. The van der Waals surface area contributed by atoms with Gasteiger partial charge in [-0.05, 0) is 121 Å². The van der Waals surface area contributed by atoms with Crippen molar-refractivity contribution in [3.8, 4) is 12.5 Å². The first kappa shape index (κ1) is 38.4. The molecule has 0 bridgehead atoms. The fraction of sp³-hybridized carbons (Fsp3) is 0.846. The highest BCUT2D eigenvalue weighted by atomic mass is 16.5. The Balaban J connectivity index is 0.963. The van der Waals surface area contributed by atoms with Crippen LogP contribution in [0.5, 0.6) is 0 Å². The maximum atomic E-state index is 13.3. The molecule has 5 fully saturated rings. The molecule has 5 rings (SSSR count). The van der Waals surface area contributed by atoms with Gasteiger partial charge >= 0.3 is 11.9 Å². The number of rotatable bonds is 14. The molecule has 0 aromatic rings. The first-order valence-electron chi connectivity index (χ1n) is 19.6. The minimum atomic E-state index is -0.975. The van der Waals surface area contributed by atoms with E-state index in [1.165, 1.54) is 19.3 Å². The molecule has 0 aromatic heterocycles. The minimum Gasteiger partial charge on any atom is -0.481 e. The molecule has 5 saturated carbocycles. The molecule has 0 heterocycles. The van der Waals surface area contributed by atoms with Crippen molar-refractivity contribution in [1.29, 1.82) is 0 Å². The van der Waals surface area contributed by atoms with Gasteiger partial charge < -0.3 is 35.1 Å². The Labute approximate surface area is 297 Å². The van der Waals surface area contributed by atoms with Crippen LogP contribution in [0.2, 0.25) is 0 Å². The van der Waals surface area contributed by atoms with E-state index in [4.69, 9.17) is 20.6 Å². The molecule has 50 heavy (non-hydrogen) atoms. The number of terminal acetylenes is 1. The fourth-order valence-electron chi connectivity index (χ4n) is 9.63. The molecule has 5 aliphatic carbocycles. The molecule has 280 valence electrons. The average Bonchev–Trinajstić information content (AvgIpc) is 3.12. The largest absolute Gasteiger partial charge is 0.481 e. The lowest BCUT2D eigenvalue weighted by molar-refractivity contribution is -0.152. The van der Waals surface area contributed by atoms with E-state index in [0.717, 1.165) is 70.6 Å². The molecule has 4 N–H and O–H groups in total. The molecule has 11 heteroatoms. The third kappa shape index (κ3) is 11.1. The Hall–Kier alpha value is -2.84. The van der Waals surface area contributed by atoms with Crippen LogP contribution < -0.4 is 10.6 Å². The zero-order chi connectivity index (χ0) is 35.5. The Bertz CT molecular complexity index is 1170. The lowest BCUT2D eigenvalue weighted by Gasteiger charge is -2.37. The summed E-state index contributed by atoms with van der Waals surface area (Å²) in [6.07, 6.45) is 25.0. The smallest absolute Gasteiger partial charge is 0.307 e. The second kappa shape index (κ2) is 19.1. The molecule has 0 radical (unpaired) electrons. The van der Waals surface area contributed by atoms with Gasteiger partial charge in [-0.1, -0.05) is 25.7 Å². The number of nitrogens with one attached hydrogen (secondary N) is 2. The predicted octanol–water partition coefficient (Wildman–Crippen LogP) is 5.44. The van der Waals surface area contributed by atoms with Gasteiger partial charge in [-0.2, -0.15) is 0 Å². The van der Waals surface area contributed by atoms with E-state index in [2.05, 4.69) is 16.7 Å². The van der Waals surface area contributed by atoms with Crippen molar-refractivity contribution < 1.29 is 43.6 Å². The summed E-state index contributed by atoms with van der Waals surface area (Å²) in [5.74, 6) is -3.55. The van der Waals surface area contributed by atoms with Crippen LogP contribution in [-0.2, 0) is 33.4 Å². The summed E-state index contributed by atoms with van der Waals surface area (Å²) < 4.78 is 17.2. The number of hydrogen-bond donors (Lipinski definition) is 4. The van der Waals surface area contributed by atoms with Crippen molar-refractivity contribution >= 4 is 23.8 Å². The van der Waals surface area contributed by atoms with Gasteiger partial charge in [-0.25, -0.2) is 0 Å². The number of carboxylic acids is 2. The topological polar surface area (TPSA) is 160 Å². The summed E-state index contributed by atoms with van der Waals surface area (Å²) in [4.78, 5) is 50.5. The average molecular weight is 701 g/mol. The summed E-state index contributed by atoms with van der Waals surface area (Å²) >= 11 is 0. The van der Waals surface area contributed by atoms with Crippen molar-refractivity contribution in [3.63, 3.8) is 0 Å². The highest BCUT2D eigenvalue weighted by Crippen LogP contribution is 2.38. The van der Waals surface area contributed by atoms with Crippen LogP contribution >= 0.6 is 0 Å². The lowest BCUT2D eigenvalue weighted by Crippen LogP contribution is -2.47. The SMILES string of the molecule is C#COC1CCC(C(=O)NC2CCC(CC3CCC(NC(=O)C4CCC(OCCOC5CCCCC5)CC4C(=O)O)CC3)CC2)C(C(=O)O)C1. The second-order valence-corrected chi connectivity index (χ2v) is 15.9. The maximum absolute atomic E-state index is 13.3. The van der Waals surface area contributed by atoms with E-state index in [9.17, 15) is 29.4 Å². The van der Waals surface area contributed by atoms with Gasteiger partial charge in [0, 0.05) is 12.1 Å². The molecule has 0 aromatic carbocycles. The number of amides is 2. The molecule has 5 aliphatic rings. The van der Waals surface area contributed by atoms with Crippen LogP contribution in [0.15, 0.2) is 0 Å². The Morgan fingerprint density at radius 1 is 0.560 bits per heavy atom. The maximum Gasteiger partial charge on any atom is 0.307 e. The molecule has 6 atom stereocenters. The van der Waals surface area contributed by atoms with Crippen LogP contribution in [0.3, 0.4) is 0 Å². The van der Waals surface area contributed by atoms with E-state index in [1.807, 2.05) is 0 Å². The quantitative estimate of drug-likeness (QED) is 0.137. The highest BCUT2D eigenvalue weighted by molar-refractivity contribution is 5.85. The summed E-state index contributed by atoms with van der Waals surface area (Å²) in [5.41, 5.74) is 0. The lowest BCUT2D eigenvalue weighted by atomic mass is 9.74. The van der Waals surface area contributed by atoms with Gasteiger partial charge in [0.15, 0.2) is 0 Å². The zero-order valence-electron chi connectivity index (χ0n) is 29.7. The summed E-state index contributed by atoms with van der Waals surface area (Å²) in [6, 6.07) is 0.170. The van der Waals surface area contributed by atoms with Crippen LogP contribution in [0.1, 0.15) is 128 Å². The highest BCUT2D eigenvalue weighted by Gasteiger charge is 2.42. The van der Waals surface area contributed by atoms with Crippen molar-refractivity contribution in [2.45, 2.75) is 159 Å². The van der Waals surface area contributed by atoms with Crippen molar-refractivity contribution in [2.24, 2.45) is 35.5 Å². The van der Waals surface area contributed by atoms with E-state index in [-0.39, 0.29) is 42.5 Å². The number of ether oxygens (including phenoxy) is 3. The first-order valence-corrected chi connectivity index (χ1v) is 19.6. The molecule has 11 nitrogen and oxygen atoms in total. The number of carbonyl (C=O) groups is 4. The molecule has 0 aliphatic heterocycles. The van der Waals surface area contributed by atoms with Crippen LogP contribution in [0.4, 0.5) is 0 Å². The zero-order valence-corrected chi connectivity index (χ0v) is 29.7. The summed E-state index contributed by atoms with van der Waals surface area (Å²) in [6.45, 7) is 1.00. The molecular formula is C39H60N2O9. The van der Waals surface area contributed by atoms with Crippen molar-refractivity contribution in [2.75, 3.05) is 13.2 Å². The van der Waals surface area contributed by atoms with Gasteiger partial charge in [-0.3, -0.25) is 19.2 Å². The predicted molar refractivity (Wildman–Crippen MR) is 186 cm³/mol. The summed E-state index contributed by atoms with van der Waals surface area (Å²) in [7, 11) is 0. The second-order valence-electron chi connectivity index (χ2n) is 15.9. The van der Waals surface area contributed by atoms with Crippen LogP contribution in [0.25, 0.3) is 0 Å². The van der Waals surface area contributed by atoms with E-state index in [0.29, 0.717) is 63.3 Å². The minimum absolute atomic E-state index is 0.0790. The van der Waals surface area contributed by atoms with Gasteiger partial charge in [0.1, 0.15) is 12.2 Å². The number of aliphatic carboxylic acids is 2. The van der Waals surface area contributed by atoms with Crippen LogP contribution in [-0.4, -0.2) is 77.6 Å². The Kier molecular flexibility index (Phi) is 14.7. The van der Waals surface area contributed by atoms with Crippen LogP contribution in [0, 0.1) is 48.0 Å². The normalized spacial score (nSPS) is 35.3. The van der Waals surface area contributed by atoms with Crippen molar-refractivity contribution in [3.05, 3.63) is 0 Å². The van der Waals surface area contributed by atoms with Crippen molar-refractivity contribution in [1.82, 2.24) is 10.6 Å². The van der Waals surface area contributed by atoms with Gasteiger partial charge in [0.2, 0.25) is 11.8 Å². The van der Waals surface area contributed by atoms with Gasteiger partial charge in [0.05, 0.1) is 49.1 Å².